The Balaban J connectivity index is 1.28. The predicted octanol–water partition coefficient (Wildman–Crippen LogP) is 11.7. The van der Waals surface area contributed by atoms with Gasteiger partial charge in [-0.3, -0.25) is 0 Å². The fourth-order valence-electron chi connectivity index (χ4n) is 6.89. The van der Waals surface area contributed by atoms with Crippen LogP contribution in [0, 0.1) is 0 Å². The summed E-state index contributed by atoms with van der Waals surface area (Å²) in [6.07, 6.45) is 0. The zero-order valence-corrected chi connectivity index (χ0v) is 26.1. The van der Waals surface area contributed by atoms with Gasteiger partial charge in [0, 0.05) is 16.7 Å². The molecule has 3 nitrogen and oxygen atoms in total. The summed E-state index contributed by atoms with van der Waals surface area (Å²) in [4.78, 5) is 15.5. The molecule has 9 rings (SSSR count). The van der Waals surface area contributed by atoms with Crippen molar-refractivity contribution in [1.82, 2.24) is 15.0 Å². The lowest BCUT2D eigenvalue weighted by molar-refractivity contribution is 1.08. The molecule has 0 aliphatic carbocycles. The van der Waals surface area contributed by atoms with Crippen molar-refractivity contribution < 1.29 is 0 Å². The molecule has 0 saturated carbocycles. The quantitative estimate of drug-likeness (QED) is 0.194. The maximum absolute atomic E-state index is 5.23. The van der Waals surface area contributed by atoms with Crippen LogP contribution in [0.25, 0.3) is 88.7 Å². The summed E-state index contributed by atoms with van der Waals surface area (Å²) in [5.74, 6) is 1.95. The van der Waals surface area contributed by atoms with Crippen LogP contribution in [0.5, 0.6) is 0 Å². The highest BCUT2D eigenvalue weighted by atomic mass is 15.0. The molecule has 0 amide bonds. The van der Waals surface area contributed by atoms with Crippen LogP contribution in [0.2, 0.25) is 0 Å². The molecule has 1 aromatic heterocycles. The Morgan fingerprint density at radius 1 is 0.229 bits per heavy atom. The Morgan fingerprint density at radius 2 is 0.625 bits per heavy atom. The van der Waals surface area contributed by atoms with E-state index < -0.39 is 0 Å². The van der Waals surface area contributed by atoms with Crippen molar-refractivity contribution in [2.45, 2.75) is 0 Å². The Morgan fingerprint density at radius 3 is 1.25 bits per heavy atom. The van der Waals surface area contributed by atoms with Gasteiger partial charge in [-0.1, -0.05) is 164 Å². The Hall–Kier alpha value is -6.45. The van der Waals surface area contributed by atoms with Gasteiger partial charge in [0.15, 0.2) is 17.5 Å². The van der Waals surface area contributed by atoms with Gasteiger partial charge in [0.2, 0.25) is 0 Å². The molecule has 48 heavy (non-hydrogen) atoms. The first-order valence-electron chi connectivity index (χ1n) is 16.2. The minimum Gasteiger partial charge on any atom is -0.208 e. The first kappa shape index (κ1) is 27.8. The molecular formula is C45H29N3. The highest BCUT2D eigenvalue weighted by Gasteiger charge is 2.18. The maximum atomic E-state index is 5.23. The van der Waals surface area contributed by atoms with E-state index >= 15 is 0 Å². The molecule has 3 heteroatoms. The highest BCUT2D eigenvalue weighted by Crippen LogP contribution is 2.39. The number of hydrogen-bond acceptors (Lipinski definition) is 3. The van der Waals surface area contributed by atoms with E-state index in [-0.39, 0.29) is 0 Å². The fourth-order valence-corrected chi connectivity index (χ4v) is 6.89. The smallest absolute Gasteiger partial charge is 0.164 e. The maximum Gasteiger partial charge on any atom is 0.164 e. The van der Waals surface area contributed by atoms with Crippen LogP contribution in [0.3, 0.4) is 0 Å². The highest BCUT2D eigenvalue weighted by molar-refractivity contribution is 6.09. The molecule has 224 valence electrons. The van der Waals surface area contributed by atoms with Crippen molar-refractivity contribution in [2.75, 3.05) is 0 Å². The summed E-state index contributed by atoms with van der Waals surface area (Å²) in [5.41, 5.74) is 7.66. The molecule has 0 aliphatic rings. The largest absolute Gasteiger partial charge is 0.208 e. The van der Waals surface area contributed by atoms with E-state index in [2.05, 4.69) is 158 Å². The van der Waals surface area contributed by atoms with E-state index in [0.717, 1.165) is 38.2 Å². The van der Waals surface area contributed by atoms with E-state index in [0.29, 0.717) is 17.5 Å². The lowest BCUT2D eigenvalue weighted by Gasteiger charge is -2.15. The van der Waals surface area contributed by atoms with Crippen LogP contribution in [0.15, 0.2) is 176 Å². The summed E-state index contributed by atoms with van der Waals surface area (Å²) in [6, 6.07) is 61.6. The average Bonchev–Trinajstić information content (AvgIpc) is 3.17. The topological polar surface area (TPSA) is 38.7 Å². The van der Waals surface area contributed by atoms with Crippen molar-refractivity contribution in [2.24, 2.45) is 0 Å². The molecule has 0 spiro atoms. The van der Waals surface area contributed by atoms with Crippen LogP contribution in [0.1, 0.15) is 0 Å². The van der Waals surface area contributed by atoms with E-state index in [4.69, 9.17) is 15.0 Å². The first-order chi connectivity index (χ1) is 23.8. The summed E-state index contributed by atoms with van der Waals surface area (Å²) in [6.45, 7) is 0. The van der Waals surface area contributed by atoms with Crippen molar-refractivity contribution in [3.63, 3.8) is 0 Å². The summed E-state index contributed by atoms with van der Waals surface area (Å²) in [5, 5.41) is 6.98. The molecule has 0 fully saturated rings. The molecule has 0 unspecified atom stereocenters. The molecule has 0 atom stereocenters. The third kappa shape index (κ3) is 4.81. The Labute approximate surface area is 278 Å². The number of benzene rings is 8. The second-order valence-corrected chi connectivity index (χ2v) is 12.0. The van der Waals surface area contributed by atoms with E-state index in [1.54, 1.807) is 0 Å². The van der Waals surface area contributed by atoms with Crippen molar-refractivity contribution >= 4 is 32.3 Å². The molecule has 9 aromatic rings. The van der Waals surface area contributed by atoms with Crippen LogP contribution in [-0.2, 0) is 0 Å². The molecule has 8 aromatic carbocycles. The number of nitrogens with zero attached hydrogens (tertiary/aromatic N) is 3. The summed E-state index contributed by atoms with van der Waals surface area (Å²) in [7, 11) is 0. The minimum absolute atomic E-state index is 0.647. The fraction of sp³-hybridized carbons (Fsp3) is 0. The molecule has 1 heterocycles. The molecule has 0 bridgehead atoms. The van der Waals surface area contributed by atoms with Gasteiger partial charge in [-0.15, -0.1) is 0 Å². The zero-order chi connectivity index (χ0) is 31.9. The monoisotopic (exact) mass is 611 g/mol. The number of fused-ring (bicyclic) bond motifs is 3. The van der Waals surface area contributed by atoms with Crippen LogP contribution >= 0.6 is 0 Å². The number of rotatable bonds is 5. The molecule has 0 radical (unpaired) electrons. The molecule has 0 N–H and O–H groups in total. The normalized spacial score (nSPS) is 11.3. The number of hydrogen-bond donors (Lipinski definition) is 0. The van der Waals surface area contributed by atoms with Gasteiger partial charge < -0.3 is 0 Å². The molecular weight excluding hydrogens is 583 g/mol. The van der Waals surface area contributed by atoms with Gasteiger partial charge in [-0.2, -0.15) is 0 Å². The van der Waals surface area contributed by atoms with E-state index in [9.17, 15) is 0 Å². The summed E-state index contributed by atoms with van der Waals surface area (Å²) < 4.78 is 0. The zero-order valence-electron chi connectivity index (χ0n) is 26.1. The second kappa shape index (κ2) is 11.7. The van der Waals surface area contributed by atoms with E-state index in [1.807, 2.05) is 18.2 Å². The van der Waals surface area contributed by atoms with Crippen molar-refractivity contribution in [3.05, 3.63) is 176 Å². The summed E-state index contributed by atoms with van der Waals surface area (Å²) >= 11 is 0. The van der Waals surface area contributed by atoms with Gasteiger partial charge in [0.1, 0.15) is 0 Å². The third-order valence-electron chi connectivity index (χ3n) is 9.16. The minimum atomic E-state index is 0.647. The van der Waals surface area contributed by atoms with E-state index in [1.165, 1.54) is 33.0 Å². The number of aromatic nitrogens is 3. The Bertz CT molecular complexity index is 2600. The average molecular weight is 612 g/mol. The second-order valence-electron chi connectivity index (χ2n) is 12.0. The standard InChI is InChI=1S/C45H29N3/c1-3-14-30(15-4-1)34-26-28-41(38-23-11-9-21-35(34)38)44-46-43(32-17-5-2-6-18-32)47-45(48-44)42-29-27-40(37-22-10-12-24-39(37)42)36-25-13-19-31-16-7-8-20-33(31)36/h1-29H. The first-order valence-corrected chi connectivity index (χ1v) is 16.2. The van der Waals surface area contributed by atoms with Crippen LogP contribution in [-0.4, -0.2) is 15.0 Å². The molecule has 0 saturated heterocycles. The van der Waals surface area contributed by atoms with Crippen molar-refractivity contribution in [1.29, 1.82) is 0 Å². The van der Waals surface area contributed by atoms with Crippen molar-refractivity contribution in [3.8, 4) is 56.4 Å². The predicted molar refractivity (Wildman–Crippen MR) is 200 cm³/mol. The van der Waals surface area contributed by atoms with Gasteiger partial charge >= 0.3 is 0 Å². The van der Waals surface area contributed by atoms with Gasteiger partial charge in [0.05, 0.1) is 0 Å². The SMILES string of the molecule is c1ccc(-c2nc(-c3ccc(-c4ccccc4)c4ccccc34)nc(-c3ccc(-c4cccc5ccccc45)c4ccccc34)n2)cc1. The lowest BCUT2D eigenvalue weighted by Crippen LogP contribution is -2.01. The van der Waals surface area contributed by atoms with Gasteiger partial charge in [-0.25, -0.2) is 15.0 Å². The van der Waals surface area contributed by atoms with Crippen LogP contribution < -0.4 is 0 Å². The molecule has 0 aliphatic heterocycles. The third-order valence-corrected chi connectivity index (χ3v) is 9.16. The van der Waals surface area contributed by atoms with Crippen LogP contribution in [0.4, 0.5) is 0 Å². The Kier molecular flexibility index (Phi) is 6.80. The lowest BCUT2D eigenvalue weighted by atomic mass is 9.92. The van der Waals surface area contributed by atoms with Gasteiger partial charge in [-0.05, 0) is 66.7 Å². The van der Waals surface area contributed by atoms with Gasteiger partial charge in [0.25, 0.3) is 0 Å².